The van der Waals surface area contributed by atoms with Gasteiger partial charge < -0.3 is 28.0 Å². The highest BCUT2D eigenvalue weighted by Crippen LogP contribution is 2.11. The smallest absolute Gasteiger partial charge is 0.128 e. The van der Waals surface area contributed by atoms with E-state index in [1.807, 2.05) is 24.3 Å². The lowest BCUT2D eigenvalue weighted by Crippen LogP contribution is -3.00. The molecule has 0 aliphatic rings. The number of aliphatic hydroxyl groups excluding tert-OH is 1. The summed E-state index contributed by atoms with van der Waals surface area (Å²) >= 11 is 0. The van der Waals surface area contributed by atoms with Gasteiger partial charge in [0.25, 0.3) is 0 Å². The van der Waals surface area contributed by atoms with Crippen LogP contribution >= 0.6 is 0 Å². The number of hydrogen-bond donors (Lipinski definition) is 2. The minimum Gasteiger partial charge on any atom is -1.00 e. The average molecular weight is 190 g/mol. The zero-order chi connectivity index (χ0) is 8.10. The first-order valence-electron chi connectivity index (χ1n) is 3.48. The third-order valence-electron chi connectivity index (χ3n) is 1.28. The molecule has 0 aliphatic heterocycles. The number of quaternary nitrogens is 1. The van der Waals surface area contributed by atoms with Crippen LogP contribution in [0.4, 0.5) is 5.69 Å². The van der Waals surface area contributed by atoms with E-state index in [4.69, 9.17) is 9.84 Å². The molecule has 0 heterocycles. The molecule has 0 saturated carbocycles. The molecule has 0 radical (unpaired) electrons. The lowest BCUT2D eigenvalue weighted by molar-refractivity contribution is -0.254. The maximum Gasteiger partial charge on any atom is 0.128 e. The van der Waals surface area contributed by atoms with Crippen LogP contribution in [0.3, 0.4) is 0 Å². The van der Waals surface area contributed by atoms with Gasteiger partial charge in [-0.3, -0.25) is 0 Å². The van der Waals surface area contributed by atoms with Crippen molar-refractivity contribution in [3.8, 4) is 5.75 Å². The summed E-state index contributed by atoms with van der Waals surface area (Å²) < 4.78 is 5.13. The van der Waals surface area contributed by atoms with Gasteiger partial charge in [-0.05, 0) is 12.1 Å². The number of rotatable bonds is 3. The third-order valence-corrected chi connectivity index (χ3v) is 1.28. The fourth-order valence-electron chi connectivity index (χ4n) is 0.749. The van der Waals surface area contributed by atoms with Crippen LogP contribution in [0.2, 0.25) is 0 Å². The zero-order valence-electron chi connectivity index (χ0n) is 6.66. The van der Waals surface area contributed by atoms with Crippen LogP contribution in [0.5, 0.6) is 5.75 Å². The Balaban J connectivity index is 0.00000121. The van der Waals surface area contributed by atoms with Gasteiger partial charge in [-0.2, -0.15) is 0 Å². The summed E-state index contributed by atoms with van der Waals surface area (Å²) in [7, 11) is 0. The molecule has 1 aromatic rings. The first-order chi connectivity index (χ1) is 5.33. The van der Waals surface area contributed by atoms with Gasteiger partial charge in [0.15, 0.2) is 0 Å². The lowest BCUT2D eigenvalue weighted by Gasteiger charge is -2.01. The third kappa shape index (κ3) is 3.57. The topological polar surface area (TPSA) is 57.1 Å². The molecule has 0 fully saturated rings. The molecule has 0 unspecified atom stereocenters. The van der Waals surface area contributed by atoms with E-state index in [1.165, 1.54) is 0 Å². The van der Waals surface area contributed by atoms with Crippen LogP contribution in [0, 0.1) is 0 Å². The van der Waals surface area contributed by atoms with E-state index in [0.717, 1.165) is 11.4 Å². The summed E-state index contributed by atoms with van der Waals surface area (Å²) in [4.78, 5) is 0. The van der Waals surface area contributed by atoms with Crippen LogP contribution in [0.1, 0.15) is 0 Å². The second-order valence-corrected chi connectivity index (χ2v) is 2.22. The fraction of sp³-hybridized carbons (Fsp3) is 0.250. The van der Waals surface area contributed by atoms with Gasteiger partial charge in [0.1, 0.15) is 18.0 Å². The van der Waals surface area contributed by atoms with Crippen LogP contribution in [0.25, 0.3) is 0 Å². The SMILES string of the molecule is [Cl-].[NH3+]c1ccc(OCCO)cc1. The van der Waals surface area contributed by atoms with E-state index in [9.17, 15) is 0 Å². The predicted octanol–water partition coefficient (Wildman–Crippen LogP) is -3.06. The van der Waals surface area contributed by atoms with E-state index in [-0.39, 0.29) is 19.0 Å². The highest BCUT2D eigenvalue weighted by Gasteiger charge is 1.92. The van der Waals surface area contributed by atoms with Crippen LogP contribution in [0.15, 0.2) is 24.3 Å². The Hall–Kier alpha value is -0.770. The number of benzene rings is 1. The normalized spacial score (nSPS) is 8.83. The summed E-state index contributed by atoms with van der Waals surface area (Å²) in [6.07, 6.45) is 0. The standard InChI is InChI=1S/C8H11NO2.ClH/c9-7-1-3-8(4-2-7)11-6-5-10;/h1-4,10H,5-6,9H2;1H. The summed E-state index contributed by atoms with van der Waals surface area (Å²) in [5.74, 6) is 0.770. The molecule has 3 nitrogen and oxygen atoms in total. The molecule has 0 spiro atoms. The molecule has 12 heavy (non-hydrogen) atoms. The fourth-order valence-corrected chi connectivity index (χ4v) is 0.749. The second-order valence-electron chi connectivity index (χ2n) is 2.22. The molecule has 0 saturated heterocycles. The highest BCUT2D eigenvalue weighted by atomic mass is 35.5. The molecule has 0 amide bonds. The molecule has 68 valence electrons. The summed E-state index contributed by atoms with van der Waals surface area (Å²) in [6.45, 7) is 0.391. The lowest BCUT2D eigenvalue weighted by atomic mass is 10.3. The zero-order valence-corrected chi connectivity index (χ0v) is 7.42. The second kappa shape index (κ2) is 5.83. The summed E-state index contributed by atoms with van der Waals surface area (Å²) in [6, 6.07) is 7.40. The predicted molar refractivity (Wildman–Crippen MR) is 41.6 cm³/mol. The molecule has 0 aromatic heterocycles. The van der Waals surface area contributed by atoms with Crippen LogP contribution in [-0.4, -0.2) is 18.3 Å². The van der Waals surface area contributed by atoms with Gasteiger partial charge in [0, 0.05) is 12.1 Å². The largest absolute Gasteiger partial charge is 1.00 e. The molecule has 4 heteroatoms. The Labute approximate surface area is 77.6 Å². The van der Waals surface area contributed by atoms with Crippen molar-refractivity contribution in [2.24, 2.45) is 0 Å². The van der Waals surface area contributed by atoms with Crippen molar-refractivity contribution in [3.63, 3.8) is 0 Å². The van der Waals surface area contributed by atoms with Crippen molar-refractivity contribution >= 4 is 5.69 Å². The summed E-state index contributed by atoms with van der Waals surface area (Å²) in [5.41, 5.74) is 4.70. The maximum absolute atomic E-state index is 8.44. The van der Waals surface area contributed by atoms with Crippen molar-refractivity contribution in [1.29, 1.82) is 0 Å². The van der Waals surface area contributed by atoms with Crippen molar-refractivity contribution in [2.45, 2.75) is 0 Å². The monoisotopic (exact) mass is 189 g/mol. The van der Waals surface area contributed by atoms with E-state index < -0.39 is 0 Å². The van der Waals surface area contributed by atoms with Crippen molar-refractivity contribution in [2.75, 3.05) is 13.2 Å². The molecule has 0 aliphatic carbocycles. The quantitative estimate of drug-likeness (QED) is 0.531. The number of halogens is 1. The molecular weight excluding hydrogens is 178 g/mol. The van der Waals surface area contributed by atoms with Gasteiger partial charge in [0.2, 0.25) is 0 Å². The first kappa shape index (κ1) is 11.2. The van der Waals surface area contributed by atoms with Crippen molar-refractivity contribution < 1.29 is 28.0 Å². The van der Waals surface area contributed by atoms with E-state index >= 15 is 0 Å². The van der Waals surface area contributed by atoms with Crippen LogP contribution < -0.4 is 22.9 Å². The van der Waals surface area contributed by atoms with Gasteiger partial charge in [0.05, 0.1) is 6.61 Å². The Morgan fingerprint density at radius 1 is 1.25 bits per heavy atom. The summed E-state index contributed by atoms with van der Waals surface area (Å²) in [5, 5.41) is 8.44. The Morgan fingerprint density at radius 2 is 1.83 bits per heavy atom. The van der Waals surface area contributed by atoms with Gasteiger partial charge in [-0.25, -0.2) is 0 Å². The Morgan fingerprint density at radius 3 is 2.33 bits per heavy atom. The Kier molecular flexibility index (Phi) is 5.45. The van der Waals surface area contributed by atoms with Crippen molar-refractivity contribution in [1.82, 2.24) is 0 Å². The minimum atomic E-state index is 0. The number of aliphatic hydroxyl groups is 1. The van der Waals surface area contributed by atoms with E-state index in [2.05, 4.69) is 5.73 Å². The number of hydrogen-bond acceptors (Lipinski definition) is 2. The van der Waals surface area contributed by atoms with Gasteiger partial charge in [-0.15, -0.1) is 0 Å². The van der Waals surface area contributed by atoms with Gasteiger partial charge >= 0.3 is 0 Å². The molecule has 1 rings (SSSR count). The van der Waals surface area contributed by atoms with Gasteiger partial charge in [-0.1, -0.05) is 0 Å². The number of ether oxygens (including phenoxy) is 1. The molecule has 0 bridgehead atoms. The van der Waals surface area contributed by atoms with E-state index in [1.54, 1.807) is 0 Å². The Bertz CT molecular complexity index is 213. The molecular formula is C8H12ClNO2. The molecule has 1 aromatic carbocycles. The maximum atomic E-state index is 8.44. The minimum absolute atomic E-state index is 0. The molecule has 0 atom stereocenters. The van der Waals surface area contributed by atoms with Crippen LogP contribution in [-0.2, 0) is 0 Å². The first-order valence-corrected chi connectivity index (χ1v) is 3.48. The molecule has 4 N–H and O–H groups in total. The average Bonchev–Trinajstić information content (AvgIpc) is 2.04. The highest BCUT2D eigenvalue weighted by molar-refractivity contribution is 5.34. The van der Waals surface area contributed by atoms with E-state index in [0.29, 0.717) is 6.61 Å². The van der Waals surface area contributed by atoms with Crippen molar-refractivity contribution in [3.05, 3.63) is 24.3 Å².